The van der Waals surface area contributed by atoms with E-state index < -0.39 is 0 Å². The molecular formula is C26H32N2. The van der Waals surface area contributed by atoms with Crippen LogP contribution in [0.25, 0.3) is 0 Å². The average molecular weight is 373 g/mol. The van der Waals surface area contributed by atoms with E-state index in [1.54, 1.807) is 0 Å². The van der Waals surface area contributed by atoms with Crippen molar-refractivity contribution in [1.29, 1.82) is 0 Å². The Morgan fingerprint density at radius 1 is 1.00 bits per heavy atom. The molecule has 0 amide bonds. The van der Waals surface area contributed by atoms with Gasteiger partial charge in [0.15, 0.2) is 0 Å². The first-order chi connectivity index (χ1) is 13.3. The summed E-state index contributed by atoms with van der Waals surface area (Å²) in [6.07, 6.45) is 7.66. The van der Waals surface area contributed by atoms with Crippen LogP contribution in [0, 0.1) is 32.1 Å². The van der Waals surface area contributed by atoms with Crippen molar-refractivity contribution >= 4 is 11.4 Å². The van der Waals surface area contributed by atoms with Crippen molar-refractivity contribution in [3.8, 4) is 0 Å². The van der Waals surface area contributed by atoms with Crippen LogP contribution in [0.15, 0.2) is 71.4 Å². The molecule has 28 heavy (non-hydrogen) atoms. The van der Waals surface area contributed by atoms with E-state index >= 15 is 0 Å². The lowest BCUT2D eigenvalue weighted by atomic mass is 9.78. The van der Waals surface area contributed by atoms with Crippen LogP contribution in [-0.4, -0.2) is 5.71 Å². The number of anilines is 1. The minimum atomic E-state index is 0.160. The van der Waals surface area contributed by atoms with Crippen LogP contribution in [0.5, 0.6) is 0 Å². The molecule has 1 unspecified atom stereocenters. The van der Waals surface area contributed by atoms with Crippen LogP contribution in [0.1, 0.15) is 49.4 Å². The molecule has 0 fully saturated rings. The van der Waals surface area contributed by atoms with Gasteiger partial charge < -0.3 is 0 Å². The second-order valence-electron chi connectivity index (χ2n) is 8.88. The maximum atomic E-state index is 4.90. The summed E-state index contributed by atoms with van der Waals surface area (Å²) in [4.78, 5) is 0. The monoisotopic (exact) mass is 372 g/mol. The second kappa shape index (κ2) is 8.18. The molecule has 0 aliphatic heterocycles. The summed E-state index contributed by atoms with van der Waals surface area (Å²) in [5, 5.41) is 4.90. The molecule has 0 aromatic heterocycles. The molecule has 1 N–H and O–H groups in total. The van der Waals surface area contributed by atoms with E-state index in [-0.39, 0.29) is 5.41 Å². The third kappa shape index (κ3) is 4.62. The first-order valence-electron chi connectivity index (χ1n) is 10.1. The molecule has 1 aliphatic carbocycles. The zero-order valence-corrected chi connectivity index (χ0v) is 18.0. The number of allylic oxidation sites excluding steroid dienone is 4. The Kier molecular flexibility index (Phi) is 5.88. The molecular weight excluding hydrogens is 340 g/mol. The lowest BCUT2D eigenvalue weighted by Gasteiger charge is -2.27. The summed E-state index contributed by atoms with van der Waals surface area (Å²) < 4.78 is 0. The van der Waals surface area contributed by atoms with Crippen LogP contribution in [0.3, 0.4) is 0 Å². The molecule has 3 rings (SSSR count). The molecule has 0 saturated heterocycles. The molecule has 0 bridgehead atoms. The zero-order chi connectivity index (χ0) is 20.3. The van der Waals surface area contributed by atoms with E-state index in [9.17, 15) is 0 Å². The Morgan fingerprint density at radius 3 is 2.25 bits per heavy atom. The van der Waals surface area contributed by atoms with Gasteiger partial charge in [-0.3, -0.25) is 5.43 Å². The topological polar surface area (TPSA) is 24.4 Å². The van der Waals surface area contributed by atoms with Gasteiger partial charge in [-0.1, -0.05) is 92.6 Å². The molecule has 2 aromatic carbocycles. The lowest BCUT2D eigenvalue weighted by molar-refractivity contribution is 0.460. The van der Waals surface area contributed by atoms with Gasteiger partial charge in [-0.25, -0.2) is 0 Å². The van der Waals surface area contributed by atoms with E-state index in [4.69, 9.17) is 5.10 Å². The van der Waals surface area contributed by atoms with Gasteiger partial charge in [0.2, 0.25) is 0 Å². The first kappa shape index (κ1) is 20.1. The highest BCUT2D eigenvalue weighted by Crippen LogP contribution is 2.37. The second-order valence-corrected chi connectivity index (χ2v) is 8.88. The highest BCUT2D eigenvalue weighted by atomic mass is 15.3. The van der Waals surface area contributed by atoms with Crippen LogP contribution < -0.4 is 5.43 Å². The maximum Gasteiger partial charge on any atom is 0.0688 e. The summed E-state index contributed by atoms with van der Waals surface area (Å²) in [5.41, 5.74) is 12.1. The third-order valence-corrected chi connectivity index (χ3v) is 5.38. The molecule has 0 radical (unpaired) electrons. The lowest BCUT2D eigenvalue weighted by Crippen LogP contribution is -2.19. The van der Waals surface area contributed by atoms with Crippen LogP contribution in [-0.2, 0) is 0 Å². The summed E-state index contributed by atoms with van der Waals surface area (Å²) in [6.45, 7) is 13.3. The van der Waals surface area contributed by atoms with Gasteiger partial charge in [0.1, 0.15) is 0 Å². The number of nitrogens with zero attached hydrogens (tertiary/aromatic N) is 1. The zero-order valence-electron chi connectivity index (χ0n) is 18.0. The van der Waals surface area contributed by atoms with Crippen molar-refractivity contribution in [1.82, 2.24) is 0 Å². The Balaban J connectivity index is 1.92. The smallest absolute Gasteiger partial charge is 0.0688 e. The average Bonchev–Trinajstić information content (AvgIpc) is 3.09. The molecule has 2 nitrogen and oxygen atoms in total. The van der Waals surface area contributed by atoms with E-state index in [0.29, 0.717) is 5.92 Å². The Bertz CT molecular complexity index is 902. The molecule has 2 heteroatoms. The number of rotatable bonds is 5. The number of benzene rings is 2. The van der Waals surface area contributed by atoms with Crippen molar-refractivity contribution in [2.24, 2.45) is 16.4 Å². The molecule has 1 atom stereocenters. The van der Waals surface area contributed by atoms with E-state index in [1.165, 1.54) is 27.8 Å². The fourth-order valence-corrected chi connectivity index (χ4v) is 4.05. The van der Waals surface area contributed by atoms with Crippen molar-refractivity contribution in [2.45, 2.75) is 48.0 Å². The Morgan fingerprint density at radius 2 is 1.64 bits per heavy atom. The fraction of sp³-hybridized carbons (Fsp3) is 0.346. The number of hydrazone groups is 1. The molecule has 1 aliphatic rings. The van der Waals surface area contributed by atoms with Crippen molar-refractivity contribution < 1.29 is 0 Å². The highest BCUT2D eigenvalue weighted by Gasteiger charge is 2.27. The number of nitrogens with one attached hydrogen (secondary N) is 1. The minimum Gasteiger partial charge on any atom is -0.278 e. The van der Waals surface area contributed by atoms with E-state index in [2.05, 4.69) is 108 Å². The van der Waals surface area contributed by atoms with E-state index in [0.717, 1.165) is 17.8 Å². The van der Waals surface area contributed by atoms with Gasteiger partial charge in [0.05, 0.1) is 11.4 Å². The standard InChI is InChI=1S/C26H32N2/c1-18-15-19(2)25(20(3)16-18)28-27-24(21-11-8-7-9-12-21)17-22-13-10-14-23(22)26(4,5)6/h7-16,22,28H,17H2,1-6H3. The van der Waals surface area contributed by atoms with Gasteiger partial charge in [0.25, 0.3) is 0 Å². The van der Waals surface area contributed by atoms with E-state index in [1.807, 2.05) is 0 Å². The predicted molar refractivity (Wildman–Crippen MR) is 122 cm³/mol. The highest BCUT2D eigenvalue weighted by molar-refractivity contribution is 6.01. The van der Waals surface area contributed by atoms with Crippen molar-refractivity contribution in [2.75, 3.05) is 5.43 Å². The van der Waals surface area contributed by atoms with Gasteiger partial charge >= 0.3 is 0 Å². The summed E-state index contributed by atoms with van der Waals surface area (Å²) >= 11 is 0. The first-order valence-corrected chi connectivity index (χ1v) is 10.1. The van der Waals surface area contributed by atoms with Gasteiger partial charge in [0, 0.05) is 12.3 Å². The van der Waals surface area contributed by atoms with Crippen LogP contribution >= 0.6 is 0 Å². The predicted octanol–water partition coefficient (Wildman–Crippen LogP) is 6.98. The number of hydrogen-bond donors (Lipinski definition) is 1. The molecule has 146 valence electrons. The molecule has 0 heterocycles. The quantitative estimate of drug-likeness (QED) is 0.444. The minimum absolute atomic E-state index is 0.160. The third-order valence-electron chi connectivity index (χ3n) is 5.38. The van der Waals surface area contributed by atoms with Gasteiger partial charge in [-0.05, 0) is 42.9 Å². The van der Waals surface area contributed by atoms with Crippen LogP contribution in [0.2, 0.25) is 0 Å². The maximum absolute atomic E-state index is 4.90. The summed E-state index contributed by atoms with van der Waals surface area (Å²) in [5.74, 6) is 0.390. The summed E-state index contributed by atoms with van der Waals surface area (Å²) in [6, 6.07) is 14.9. The van der Waals surface area contributed by atoms with Gasteiger partial charge in [-0.15, -0.1) is 0 Å². The normalized spacial score (nSPS) is 17.0. The Labute approximate surface area is 170 Å². The number of aryl methyl sites for hydroxylation is 3. The largest absolute Gasteiger partial charge is 0.278 e. The SMILES string of the molecule is Cc1cc(C)c(NN=C(CC2C=CC=C2C(C)(C)C)c2ccccc2)c(C)c1. The summed E-state index contributed by atoms with van der Waals surface area (Å²) in [7, 11) is 0. The van der Waals surface area contributed by atoms with Gasteiger partial charge in [-0.2, -0.15) is 5.10 Å². The molecule has 0 saturated carbocycles. The number of hydrogen-bond acceptors (Lipinski definition) is 2. The Hall–Kier alpha value is -2.61. The molecule has 2 aromatic rings. The van der Waals surface area contributed by atoms with Crippen molar-refractivity contribution in [3.05, 3.63) is 88.5 Å². The fourth-order valence-electron chi connectivity index (χ4n) is 4.05. The molecule has 0 spiro atoms. The van der Waals surface area contributed by atoms with Crippen molar-refractivity contribution in [3.63, 3.8) is 0 Å². The van der Waals surface area contributed by atoms with Crippen LogP contribution in [0.4, 0.5) is 5.69 Å².